The van der Waals surface area contributed by atoms with E-state index in [4.69, 9.17) is 11.6 Å². The van der Waals surface area contributed by atoms with Gasteiger partial charge in [-0.1, -0.05) is 17.7 Å². The van der Waals surface area contributed by atoms with Crippen LogP contribution < -0.4 is 5.32 Å². The van der Waals surface area contributed by atoms with Gasteiger partial charge in [0.1, 0.15) is 0 Å². The highest BCUT2D eigenvalue weighted by Crippen LogP contribution is 2.35. The predicted octanol–water partition coefficient (Wildman–Crippen LogP) is 3.68. The Hall–Kier alpha value is -0.0900. The van der Waals surface area contributed by atoms with Crippen LogP contribution in [0.25, 0.3) is 0 Å². The van der Waals surface area contributed by atoms with E-state index in [1.165, 1.54) is 24.8 Å². The van der Waals surface area contributed by atoms with Gasteiger partial charge in [0, 0.05) is 23.1 Å². The van der Waals surface area contributed by atoms with E-state index in [1.54, 1.807) is 0 Å². The van der Waals surface area contributed by atoms with Crippen LogP contribution in [0.3, 0.4) is 0 Å². The maximum atomic E-state index is 5.99. The maximum absolute atomic E-state index is 5.99. The van der Waals surface area contributed by atoms with Crippen molar-refractivity contribution in [3.8, 4) is 0 Å². The fraction of sp³-hybridized carbons (Fsp3) is 0.571. The molecule has 0 aliphatic heterocycles. The number of hydrogen-bond donors (Lipinski definition) is 1. The van der Waals surface area contributed by atoms with Crippen molar-refractivity contribution in [1.82, 2.24) is 10.2 Å². The Labute approximate surface area is 123 Å². The highest BCUT2D eigenvalue weighted by molar-refractivity contribution is 9.10. The minimum atomic E-state index is 0.379. The first-order valence-corrected chi connectivity index (χ1v) is 7.53. The Morgan fingerprint density at radius 1 is 1.39 bits per heavy atom. The third kappa shape index (κ3) is 3.08. The molecule has 0 aromatic heterocycles. The van der Waals surface area contributed by atoms with Gasteiger partial charge in [0.05, 0.1) is 5.02 Å². The van der Waals surface area contributed by atoms with Crippen molar-refractivity contribution in [3.05, 3.63) is 33.3 Å². The second kappa shape index (κ2) is 5.91. The number of nitrogens with one attached hydrogen (secondary N) is 1. The fourth-order valence-electron chi connectivity index (χ4n) is 2.46. The number of halogens is 2. The minimum absolute atomic E-state index is 0.379. The van der Waals surface area contributed by atoms with Crippen LogP contribution in [0.5, 0.6) is 0 Å². The molecule has 1 fully saturated rings. The van der Waals surface area contributed by atoms with Crippen molar-refractivity contribution in [2.75, 3.05) is 20.6 Å². The van der Waals surface area contributed by atoms with Gasteiger partial charge in [-0.25, -0.2) is 0 Å². The van der Waals surface area contributed by atoms with Crippen molar-refractivity contribution >= 4 is 27.5 Å². The van der Waals surface area contributed by atoms with E-state index >= 15 is 0 Å². The SMILES string of the molecule is CN(C)C1(CNCc2ccc(Cl)c(Br)c2)CCC1. The molecule has 1 aromatic carbocycles. The number of rotatable bonds is 5. The zero-order valence-corrected chi connectivity index (χ0v) is 13.3. The van der Waals surface area contributed by atoms with Gasteiger partial charge in [0.25, 0.3) is 0 Å². The Balaban J connectivity index is 1.86. The van der Waals surface area contributed by atoms with Crippen LogP contribution in [0.4, 0.5) is 0 Å². The highest BCUT2D eigenvalue weighted by atomic mass is 79.9. The molecule has 1 N–H and O–H groups in total. The van der Waals surface area contributed by atoms with Gasteiger partial charge < -0.3 is 10.2 Å². The fourth-order valence-corrected chi connectivity index (χ4v) is 3.00. The molecule has 0 spiro atoms. The van der Waals surface area contributed by atoms with Gasteiger partial charge in [0.15, 0.2) is 0 Å². The summed E-state index contributed by atoms with van der Waals surface area (Å²) >= 11 is 9.44. The van der Waals surface area contributed by atoms with E-state index in [-0.39, 0.29) is 0 Å². The number of likely N-dealkylation sites (N-methyl/N-ethyl adjacent to an activating group) is 1. The van der Waals surface area contributed by atoms with Gasteiger partial charge >= 0.3 is 0 Å². The number of nitrogens with zero attached hydrogens (tertiary/aromatic N) is 1. The monoisotopic (exact) mass is 330 g/mol. The first-order valence-electron chi connectivity index (χ1n) is 6.36. The Bertz CT molecular complexity index is 416. The van der Waals surface area contributed by atoms with Gasteiger partial charge in [-0.15, -0.1) is 0 Å². The summed E-state index contributed by atoms with van der Waals surface area (Å²) in [7, 11) is 4.36. The van der Waals surface area contributed by atoms with Crippen LogP contribution in [0, 0.1) is 0 Å². The molecule has 0 radical (unpaired) electrons. The minimum Gasteiger partial charge on any atom is -0.311 e. The second-order valence-electron chi connectivity index (χ2n) is 5.32. The molecule has 0 heterocycles. The number of benzene rings is 1. The molecule has 0 atom stereocenters. The summed E-state index contributed by atoms with van der Waals surface area (Å²) < 4.78 is 0.967. The molecule has 1 aliphatic rings. The summed E-state index contributed by atoms with van der Waals surface area (Å²) in [5.41, 5.74) is 1.64. The molecule has 4 heteroatoms. The van der Waals surface area contributed by atoms with Crippen LogP contribution in [0.2, 0.25) is 5.02 Å². The molecule has 2 nitrogen and oxygen atoms in total. The zero-order valence-electron chi connectivity index (χ0n) is 11.0. The normalized spacial score (nSPS) is 17.8. The zero-order chi connectivity index (χ0) is 13.2. The first kappa shape index (κ1) is 14.3. The second-order valence-corrected chi connectivity index (χ2v) is 6.59. The molecular formula is C14H20BrClN2. The summed E-state index contributed by atoms with van der Waals surface area (Å²) in [6.07, 6.45) is 3.96. The molecular weight excluding hydrogens is 312 g/mol. The molecule has 1 saturated carbocycles. The van der Waals surface area contributed by atoms with Crippen molar-refractivity contribution in [1.29, 1.82) is 0 Å². The van der Waals surface area contributed by atoms with E-state index in [0.717, 1.165) is 22.6 Å². The van der Waals surface area contributed by atoms with E-state index in [1.807, 2.05) is 6.07 Å². The Kier molecular flexibility index (Phi) is 4.70. The third-order valence-corrected chi connectivity index (χ3v) is 5.21. The molecule has 0 bridgehead atoms. The van der Waals surface area contributed by atoms with E-state index in [2.05, 4.69) is 52.4 Å². The van der Waals surface area contributed by atoms with Crippen molar-refractivity contribution in [2.24, 2.45) is 0 Å². The van der Waals surface area contributed by atoms with Crippen LogP contribution in [0.1, 0.15) is 24.8 Å². The lowest BCUT2D eigenvalue weighted by Gasteiger charge is -2.47. The Morgan fingerprint density at radius 2 is 2.11 bits per heavy atom. The van der Waals surface area contributed by atoms with Gasteiger partial charge in [-0.3, -0.25) is 0 Å². The summed E-state index contributed by atoms with van der Waals surface area (Å²) in [6.45, 7) is 1.95. The molecule has 1 aliphatic carbocycles. The van der Waals surface area contributed by atoms with Gasteiger partial charge in [0.2, 0.25) is 0 Å². The van der Waals surface area contributed by atoms with Crippen LogP contribution in [0.15, 0.2) is 22.7 Å². The molecule has 100 valence electrons. The maximum Gasteiger partial charge on any atom is 0.0548 e. The lowest BCUT2D eigenvalue weighted by molar-refractivity contribution is 0.0598. The molecule has 18 heavy (non-hydrogen) atoms. The van der Waals surface area contributed by atoms with Crippen LogP contribution in [-0.2, 0) is 6.54 Å². The standard InChI is InChI=1S/C14H20BrClN2/c1-18(2)14(6-3-7-14)10-17-9-11-4-5-13(16)12(15)8-11/h4-5,8,17H,3,6-7,9-10H2,1-2H3. The van der Waals surface area contributed by atoms with Crippen molar-refractivity contribution in [2.45, 2.75) is 31.3 Å². The quantitative estimate of drug-likeness (QED) is 0.885. The van der Waals surface area contributed by atoms with Crippen molar-refractivity contribution < 1.29 is 0 Å². The largest absolute Gasteiger partial charge is 0.311 e. The lowest BCUT2D eigenvalue weighted by Crippen LogP contribution is -2.56. The van der Waals surface area contributed by atoms with E-state index in [9.17, 15) is 0 Å². The molecule has 1 aromatic rings. The molecule has 0 unspecified atom stereocenters. The van der Waals surface area contributed by atoms with E-state index in [0.29, 0.717) is 5.54 Å². The molecule has 0 amide bonds. The lowest BCUT2D eigenvalue weighted by atomic mass is 9.75. The average Bonchev–Trinajstić information content (AvgIpc) is 2.26. The van der Waals surface area contributed by atoms with E-state index < -0.39 is 0 Å². The summed E-state index contributed by atoms with van der Waals surface area (Å²) in [6, 6.07) is 6.09. The smallest absolute Gasteiger partial charge is 0.0548 e. The molecule has 2 rings (SSSR count). The molecule has 0 saturated heterocycles. The summed E-state index contributed by atoms with van der Waals surface area (Å²) in [5.74, 6) is 0. The third-order valence-electron chi connectivity index (χ3n) is 4.00. The van der Waals surface area contributed by atoms with Crippen molar-refractivity contribution in [3.63, 3.8) is 0 Å². The Morgan fingerprint density at radius 3 is 2.61 bits per heavy atom. The van der Waals surface area contributed by atoms with Gasteiger partial charge in [-0.05, 0) is 67.0 Å². The van der Waals surface area contributed by atoms with Gasteiger partial charge in [-0.2, -0.15) is 0 Å². The van der Waals surface area contributed by atoms with Crippen LogP contribution >= 0.6 is 27.5 Å². The predicted molar refractivity (Wildman–Crippen MR) is 81.1 cm³/mol. The highest BCUT2D eigenvalue weighted by Gasteiger charge is 2.38. The average molecular weight is 332 g/mol. The summed E-state index contributed by atoms with van der Waals surface area (Å²) in [5, 5.41) is 4.33. The van der Waals surface area contributed by atoms with Crippen LogP contribution in [-0.4, -0.2) is 31.1 Å². The number of hydrogen-bond acceptors (Lipinski definition) is 2. The first-order chi connectivity index (χ1) is 8.53. The summed E-state index contributed by atoms with van der Waals surface area (Å²) in [4.78, 5) is 2.36. The topological polar surface area (TPSA) is 15.3 Å².